The Morgan fingerprint density at radius 2 is 1.27 bits per heavy atom. The lowest BCUT2D eigenvalue weighted by Gasteiger charge is -2.36. The highest BCUT2D eigenvalue weighted by Crippen LogP contribution is 2.41. The van der Waals surface area contributed by atoms with Crippen molar-refractivity contribution >= 4 is 105 Å². The van der Waals surface area contributed by atoms with E-state index in [1.165, 1.54) is 24.1 Å². The topological polar surface area (TPSA) is 334 Å². The van der Waals surface area contributed by atoms with E-state index in [1.54, 1.807) is 136 Å². The number of ketones is 1. The largest absolute Gasteiger partial charge is 0.493 e. The SMILES string of the molecule is CCC(C)(C)C(=O)C(=O)N1CCCCC1C(=O)OC(CCc1ccc(OC)c(OC)c1)c1cccc(OCC(=O)NCCCCC(=O)Nc2c(N=Nc3ccc(-c4ccc(N=Nc5cc(S(=O)(=O)O)c6ccccc6c5N)cc4)cc3)cc(S(=O)(=O)O)c3ccccc23)c1. The maximum atomic E-state index is 14.2. The Kier molecular flexibility index (Phi) is 22.0. The average molecular weight is 1320 g/mol. The number of ether oxygens (including phenoxy) is 4. The molecule has 25 heteroatoms. The number of hydrogen-bond acceptors (Lipinski definition) is 18. The number of likely N-dealkylation sites (tertiary alicyclic amines) is 1. The van der Waals surface area contributed by atoms with Crippen LogP contribution in [-0.4, -0.2) is 100 Å². The van der Waals surface area contributed by atoms with Crippen molar-refractivity contribution in [2.45, 2.75) is 100 Å². The molecule has 0 spiro atoms. The van der Waals surface area contributed by atoms with Crippen LogP contribution in [0.4, 0.5) is 34.1 Å². The predicted octanol–water partition coefficient (Wildman–Crippen LogP) is 13.5. The Bertz CT molecular complexity index is 4450. The van der Waals surface area contributed by atoms with Gasteiger partial charge in [-0.3, -0.25) is 28.3 Å². The minimum Gasteiger partial charge on any atom is -0.493 e. The Morgan fingerprint density at radius 1 is 0.670 bits per heavy atom. The van der Waals surface area contributed by atoms with Gasteiger partial charge in [-0.25, -0.2) is 4.79 Å². The highest BCUT2D eigenvalue weighted by Gasteiger charge is 2.41. The fourth-order valence-electron chi connectivity index (χ4n) is 10.8. The molecule has 1 aliphatic rings. The Labute approximate surface area is 544 Å². The molecular weight excluding hydrogens is 1240 g/mol. The van der Waals surface area contributed by atoms with Crippen molar-refractivity contribution in [3.05, 3.63) is 163 Å². The predicted molar refractivity (Wildman–Crippen MR) is 355 cm³/mol. The molecule has 9 rings (SSSR count). The van der Waals surface area contributed by atoms with E-state index in [2.05, 4.69) is 31.1 Å². The molecule has 6 N–H and O–H groups in total. The molecule has 8 aromatic rings. The molecule has 2 atom stereocenters. The number of benzene rings is 8. The van der Waals surface area contributed by atoms with Crippen LogP contribution in [-0.2, 0) is 55.4 Å². The first kappa shape index (κ1) is 68.4. The lowest BCUT2D eigenvalue weighted by Crippen LogP contribution is -2.53. The van der Waals surface area contributed by atoms with Crippen molar-refractivity contribution in [1.82, 2.24) is 10.2 Å². The molecule has 23 nitrogen and oxygen atoms in total. The van der Waals surface area contributed by atoms with Crippen molar-refractivity contribution in [3.63, 3.8) is 0 Å². The van der Waals surface area contributed by atoms with Crippen LogP contribution in [0, 0.1) is 5.41 Å². The van der Waals surface area contributed by atoms with E-state index in [4.69, 9.17) is 24.7 Å². The van der Waals surface area contributed by atoms with Crippen LogP contribution in [0.2, 0.25) is 0 Å². The maximum absolute atomic E-state index is 14.2. The van der Waals surface area contributed by atoms with E-state index in [-0.39, 0.29) is 69.9 Å². The third-order valence-corrected chi connectivity index (χ3v) is 18.1. The molecule has 1 aliphatic heterocycles. The van der Waals surface area contributed by atoms with Gasteiger partial charge in [0.1, 0.15) is 39.1 Å². The van der Waals surface area contributed by atoms with Gasteiger partial charge in [0.2, 0.25) is 11.7 Å². The summed E-state index contributed by atoms with van der Waals surface area (Å²) in [7, 11) is -6.31. The fraction of sp³-hybridized carbons (Fsp3) is 0.290. The highest BCUT2D eigenvalue weighted by molar-refractivity contribution is 7.86. The first-order valence-corrected chi connectivity index (χ1v) is 33.3. The van der Waals surface area contributed by atoms with Gasteiger partial charge in [0, 0.05) is 46.5 Å². The summed E-state index contributed by atoms with van der Waals surface area (Å²) in [5, 5.41) is 23.9. The second kappa shape index (κ2) is 30.2. The normalized spacial score (nSPS) is 14.0. The molecule has 0 saturated carbocycles. The van der Waals surface area contributed by atoms with Gasteiger partial charge >= 0.3 is 5.97 Å². The van der Waals surface area contributed by atoms with Crippen LogP contribution < -0.4 is 30.6 Å². The van der Waals surface area contributed by atoms with Crippen molar-refractivity contribution in [2.24, 2.45) is 25.9 Å². The van der Waals surface area contributed by atoms with Crippen molar-refractivity contribution in [3.8, 4) is 28.4 Å². The molecule has 490 valence electrons. The molecule has 1 fully saturated rings. The Hall–Kier alpha value is -9.95. The number of nitrogen functional groups attached to an aromatic ring is 1. The number of anilines is 2. The number of esters is 1. The summed E-state index contributed by atoms with van der Waals surface area (Å²) in [4.78, 5) is 68.5. The van der Waals surface area contributed by atoms with Crippen LogP contribution in [0.15, 0.2) is 182 Å². The molecule has 0 aromatic heterocycles. The minimum absolute atomic E-state index is 0.00556. The van der Waals surface area contributed by atoms with Gasteiger partial charge in [-0.05, 0) is 134 Å². The van der Waals surface area contributed by atoms with Crippen molar-refractivity contribution in [1.29, 1.82) is 0 Å². The number of piperidine rings is 1. The number of nitrogens with two attached hydrogens (primary N) is 1. The standard InChI is InChI=1S/C69H72N8O15S2/c1-6-69(2,3)66(80)67(81)77-37-14-12-22-56(77)68(82)92-57(34-24-43-25-35-58(89-4)59(38-43)90-5)46-16-15-17-49(39-46)91-42-63(79)71-36-13-11-23-62(78)72-65-53-21-10-8-19-51(53)61(94(86,87)88)41-55(65)76-74-48-32-28-45(29-33-48)44-26-30-47(31-27-44)73-75-54-40-60(93(83,84)85)50-18-7-9-20-52(50)64(54)70/h7-10,15-21,25-33,35,38-41,56-57H,6,11-14,22-24,34,36-37,42,70H2,1-5H3,(H,71,79)(H,72,78)(H,83,84,85)(H,86,87,88). The fourth-order valence-corrected chi connectivity index (χ4v) is 12.2. The summed E-state index contributed by atoms with van der Waals surface area (Å²) in [6.45, 7) is 5.34. The van der Waals surface area contributed by atoms with Gasteiger partial charge in [-0.15, -0.1) is 10.2 Å². The van der Waals surface area contributed by atoms with Crippen LogP contribution in [0.1, 0.15) is 89.4 Å². The lowest BCUT2D eigenvalue weighted by molar-refractivity contribution is -0.164. The van der Waals surface area contributed by atoms with Crippen molar-refractivity contribution in [2.75, 3.05) is 45.0 Å². The van der Waals surface area contributed by atoms with E-state index in [0.717, 1.165) is 28.8 Å². The number of aryl methyl sites for hydroxylation is 1. The monoisotopic (exact) mass is 1320 g/mol. The number of azo groups is 2. The summed E-state index contributed by atoms with van der Waals surface area (Å²) in [5.74, 6) is -1.37. The first-order chi connectivity index (χ1) is 45.0. The molecule has 0 radical (unpaired) electrons. The third kappa shape index (κ3) is 16.8. The summed E-state index contributed by atoms with van der Waals surface area (Å²) in [5.41, 5.74) is 9.55. The van der Waals surface area contributed by atoms with E-state index in [1.807, 2.05) is 19.1 Å². The average Bonchev–Trinajstić information content (AvgIpc) is 0.777. The van der Waals surface area contributed by atoms with Gasteiger partial charge < -0.3 is 40.2 Å². The summed E-state index contributed by atoms with van der Waals surface area (Å²) in [6.07, 6.45) is 2.73. The summed E-state index contributed by atoms with van der Waals surface area (Å²) < 4.78 is 93.2. The van der Waals surface area contributed by atoms with Crippen LogP contribution in [0.25, 0.3) is 32.7 Å². The molecular formula is C69H72N8O15S2. The molecule has 2 unspecified atom stereocenters. The number of nitrogens with one attached hydrogen (secondary N) is 2. The highest BCUT2D eigenvalue weighted by atomic mass is 32.2. The molecule has 94 heavy (non-hydrogen) atoms. The number of methoxy groups -OCH3 is 2. The number of carbonyl (C=O) groups excluding carboxylic acids is 5. The number of carbonyl (C=O) groups is 5. The number of amides is 3. The number of nitrogens with zero attached hydrogens (tertiary/aromatic N) is 5. The Morgan fingerprint density at radius 3 is 1.88 bits per heavy atom. The van der Waals surface area contributed by atoms with E-state index < -0.39 is 72.2 Å². The van der Waals surface area contributed by atoms with E-state index in [0.29, 0.717) is 90.9 Å². The summed E-state index contributed by atoms with van der Waals surface area (Å²) >= 11 is 0. The van der Waals surface area contributed by atoms with Crippen LogP contribution in [0.5, 0.6) is 17.2 Å². The third-order valence-electron chi connectivity index (χ3n) is 16.3. The van der Waals surface area contributed by atoms with Crippen LogP contribution >= 0.6 is 0 Å². The second-order valence-electron chi connectivity index (χ2n) is 23.1. The van der Waals surface area contributed by atoms with Gasteiger partial charge in [-0.1, -0.05) is 112 Å². The smallest absolute Gasteiger partial charge is 0.329 e. The number of Topliss-reactive ketones (excluding diaryl/α,β-unsaturated/α-hetero) is 1. The number of rotatable bonds is 27. The molecule has 1 heterocycles. The molecule has 0 bridgehead atoms. The lowest BCUT2D eigenvalue weighted by atomic mass is 9.84. The number of hydrogen-bond donors (Lipinski definition) is 5. The molecule has 0 aliphatic carbocycles. The molecule has 3 amide bonds. The summed E-state index contributed by atoms with van der Waals surface area (Å²) in [6, 6.07) is 40.3. The number of unbranched alkanes of at least 4 members (excludes halogenated alkanes) is 1. The molecule has 8 aromatic carbocycles. The quantitative estimate of drug-likeness (QED) is 0.00797. The van der Waals surface area contributed by atoms with Crippen LogP contribution in [0.3, 0.4) is 0 Å². The second-order valence-corrected chi connectivity index (χ2v) is 25.8. The van der Waals surface area contributed by atoms with Gasteiger partial charge in [0.15, 0.2) is 18.1 Å². The van der Waals surface area contributed by atoms with E-state index in [9.17, 15) is 49.9 Å². The maximum Gasteiger partial charge on any atom is 0.329 e. The Balaban J connectivity index is 0.809. The van der Waals surface area contributed by atoms with Crippen molar-refractivity contribution < 1.29 is 68.9 Å². The minimum atomic E-state index is -4.79. The van der Waals surface area contributed by atoms with Gasteiger partial charge in [-0.2, -0.15) is 27.1 Å². The zero-order valence-electron chi connectivity index (χ0n) is 52.4. The zero-order valence-corrected chi connectivity index (χ0v) is 54.0. The number of fused-ring (bicyclic) bond motifs is 2. The zero-order chi connectivity index (χ0) is 67.3. The van der Waals surface area contributed by atoms with Gasteiger partial charge in [0.25, 0.3) is 32.1 Å². The first-order valence-electron chi connectivity index (χ1n) is 30.4. The molecule has 1 saturated heterocycles. The van der Waals surface area contributed by atoms with Gasteiger partial charge in [0.05, 0.1) is 37.0 Å². The van der Waals surface area contributed by atoms with E-state index >= 15 is 0 Å².